The van der Waals surface area contributed by atoms with Crippen LogP contribution in [0.4, 0.5) is 0 Å². The topological polar surface area (TPSA) is 29.5 Å². The number of benzene rings is 2. The number of methoxy groups -OCH3 is 1. The lowest BCUT2D eigenvalue weighted by atomic mass is 9.78. The Labute approximate surface area is 162 Å². The second-order valence-electron chi connectivity index (χ2n) is 7.86. The molecule has 4 rings (SSSR count). The number of hydrogen-bond acceptors (Lipinski definition) is 3. The smallest absolute Gasteiger partial charge is 0.337 e. The molecular formula is C24H29NO2. The third-order valence-electron chi connectivity index (χ3n) is 6.61. The number of hydrogen-bond donors (Lipinski definition) is 0. The van der Waals surface area contributed by atoms with Gasteiger partial charge >= 0.3 is 5.97 Å². The van der Waals surface area contributed by atoms with Crippen molar-refractivity contribution >= 4 is 5.97 Å². The van der Waals surface area contributed by atoms with Crippen LogP contribution in [0, 0.1) is 5.92 Å². The van der Waals surface area contributed by atoms with E-state index in [2.05, 4.69) is 49.1 Å². The molecule has 0 unspecified atom stereocenters. The van der Waals surface area contributed by atoms with Gasteiger partial charge in [-0.2, -0.15) is 0 Å². The summed E-state index contributed by atoms with van der Waals surface area (Å²) >= 11 is 0. The van der Waals surface area contributed by atoms with Crippen LogP contribution in [0.1, 0.15) is 64.7 Å². The SMILES string of the molecule is CCc1ccc2c(c1)[C@@H](c1ccc(C(=O)OC)cc1)[C@@H]1CCN(CC)C[C@H]21. The van der Waals surface area contributed by atoms with Crippen LogP contribution in [0.25, 0.3) is 0 Å². The molecule has 1 aliphatic carbocycles. The van der Waals surface area contributed by atoms with Crippen LogP contribution in [0.2, 0.25) is 0 Å². The van der Waals surface area contributed by atoms with Gasteiger partial charge < -0.3 is 9.64 Å². The van der Waals surface area contributed by atoms with Crippen molar-refractivity contribution in [1.29, 1.82) is 0 Å². The van der Waals surface area contributed by atoms with E-state index >= 15 is 0 Å². The molecule has 27 heavy (non-hydrogen) atoms. The number of likely N-dealkylation sites (tertiary alicyclic amines) is 1. The minimum Gasteiger partial charge on any atom is -0.465 e. The number of rotatable bonds is 4. The number of fused-ring (bicyclic) bond motifs is 3. The molecule has 1 heterocycles. The van der Waals surface area contributed by atoms with E-state index in [1.54, 1.807) is 0 Å². The Morgan fingerprint density at radius 1 is 1.11 bits per heavy atom. The maximum absolute atomic E-state index is 11.8. The van der Waals surface area contributed by atoms with Gasteiger partial charge in [0.25, 0.3) is 0 Å². The molecule has 1 saturated heterocycles. The highest BCUT2D eigenvalue weighted by Crippen LogP contribution is 2.53. The first-order valence-corrected chi connectivity index (χ1v) is 10.2. The van der Waals surface area contributed by atoms with Crippen molar-refractivity contribution in [2.45, 2.75) is 38.5 Å². The van der Waals surface area contributed by atoms with Crippen LogP contribution < -0.4 is 0 Å². The maximum Gasteiger partial charge on any atom is 0.337 e. The minimum absolute atomic E-state index is 0.268. The van der Waals surface area contributed by atoms with Gasteiger partial charge in [0.15, 0.2) is 0 Å². The number of piperidine rings is 1. The van der Waals surface area contributed by atoms with Crippen molar-refractivity contribution in [2.24, 2.45) is 5.92 Å². The van der Waals surface area contributed by atoms with Crippen LogP contribution in [0.3, 0.4) is 0 Å². The lowest BCUT2D eigenvalue weighted by Crippen LogP contribution is -2.38. The molecular weight excluding hydrogens is 334 g/mol. The zero-order valence-corrected chi connectivity index (χ0v) is 16.6. The van der Waals surface area contributed by atoms with Gasteiger partial charge in [-0.15, -0.1) is 0 Å². The highest BCUT2D eigenvalue weighted by atomic mass is 16.5. The van der Waals surface area contributed by atoms with Crippen molar-refractivity contribution in [3.63, 3.8) is 0 Å². The Bertz CT molecular complexity index is 827. The van der Waals surface area contributed by atoms with E-state index < -0.39 is 0 Å². The molecule has 3 nitrogen and oxygen atoms in total. The largest absolute Gasteiger partial charge is 0.465 e. The van der Waals surface area contributed by atoms with Crippen molar-refractivity contribution in [3.05, 3.63) is 70.3 Å². The first-order chi connectivity index (χ1) is 13.2. The van der Waals surface area contributed by atoms with E-state index in [9.17, 15) is 4.79 Å². The molecule has 0 saturated carbocycles. The van der Waals surface area contributed by atoms with Crippen LogP contribution in [-0.4, -0.2) is 37.6 Å². The molecule has 3 atom stereocenters. The number of carbonyl (C=O) groups is 1. The van der Waals surface area contributed by atoms with E-state index in [4.69, 9.17) is 4.74 Å². The van der Waals surface area contributed by atoms with Gasteiger partial charge in [0, 0.05) is 18.4 Å². The fourth-order valence-corrected chi connectivity index (χ4v) is 5.11. The number of carbonyl (C=O) groups excluding carboxylic acids is 1. The van der Waals surface area contributed by atoms with Crippen LogP contribution in [0.5, 0.6) is 0 Å². The Balaban J connectivity index is 1.74. The molecule has 3 heteroatoms. The van der Waals surface area contributed by atoms with Crippen molar-refractivity contribution in [3.8, 4) is 0 Å². The summed E-state index contributed by atoms with van der Waals surface area (Å²) in [6, 6.07) is 15.2. The van der Waals surface area contributed by atoms with E-state index in [0.717, 1.165) is 19.5 Å². The minimum atomic E-state index is -0.268. The predicted molar refractivity (Wildman–Crippen MR) is 108 cm³/mol. The third-order valence-corrected chi connectivity index (χ3v) is 6.61. The predicted octanol–water partition coefficient (Wildman–Crippen LogP) is 4.61. The zero-order chi connectivity index (χ0) is 19.0. The Morgan fingerprint density at radius 3 is 2.56 bits per heavy atom. The first-order valence-electron chi connectivity index (χ1n) is 10.2. The Kier molecular flexibility index (Phi) is 5.05. The number of esters is 1. The Morgan fingerprint density at radius 2 is 1.89 bits per heavy atom. The second kappa shape index (κ2) is 7.47. The third kappa shape index (κ3) is 3.19. The van der Waals surface area contributed by atoms with E-state index in [1.165, 1.54) is 42.3 Å². The van der Waals surface area contributed by atoms with Gasteiger partial charge in [0.05, 0.1) is 12.7 Å². The summed E-state index contributed by atoms with van der Waals surface area (Å²) in [6.45, 7) is 7.96. The van der Waals surface area contributed by atoms with E-state index in [-0.39, 0.29) is 5.97 Å². The fraction of sp³-hybridized carbons (Fsp3) is 0.458. The highest BCUT2D eigenvalue weighted by Gasteiger charge is 2.43. The normalized spacial score (nSPS) is 24.3. The first kappa shape index (κ1) is 18.2. The molecule has 0 spiro atoms. The number of aryl methyl sites for hydroxylation is 1. The van der Waals surface area contributed by atoms with Crippen molar-refractivity contribution in [2.75, 3.05) is 26.7 Å². The maximum atomic E-state index is 11.8. The molecule has 0 radical (unpaired) electrons. The van der Waals surface area contributed by atoms with E-state index in [1.807, 2.05) is 12.1 Å². The van der Waals surface area contributed by atoms with Crippen LogP contribution >= 0.6 is 0 Å². The molecule has 0 N–H and O–H groups in total. The molecule has 2 aromatic carbocycles. The molecule has 142 valence electrons. The highest BCUT2D eigenvalue weighted by molar-refractivity contribution is 5.89. The number of nitrogens with zero attached hydrogens (tertiary/aromatic N) is 1. The summed E-state index contributed by atoms with van der Waals surface area (Å²) in [6.07, 6.45) is 2.30. The van der Waals surface area contributed by atoms with Gasteiger partial charge in [-0.05, 0) is 66.2 Å². The lowest BCUT2D eigenvalue weighted by molar-refractivity contribution is 0.0600. The summed E-state index contributed by atoms with van der Waals surface area (Å²) < 4.78 is 4.85. The molecule has 2 aromatic rings. The standard InChI is InChI=1S/C24H29NO2/c1-4-16-6-11-19-21(14-16)23(20-12-13-25(5-2)15-22(19)20)17-7-9-18(10-8-17)24(26)27-3/h6-11,14,20,22-23H,4-5,12-13,15H2,1-3H3/t20-,22-,23+/m1/s1. The van der Waals surface area contributed by atoms with Crippen molar-refractivity contribution in [1.82, 2.24) is 4.90 Å². The monoisotopic (exact) mass is 363 g/mol. The van der Waals surface area contributed by atoms with Gasteiger partial charge in [-0.1, -0.05) is 44.2 Å². The van der Waals surface area contributed by atoms with Gasteiger partial charge in [0.1, 0.15) is 0 Å². The van der Waals surface area contributed by atoms with Crippen molar-refractivity contribution < 1.29 is 9.53 Å². The summed E-state index contributed by atoms with van der Waals surface area (Å²) in [7, 11) is 1.43. The van der Waals surface area contributed by atoms with Gasteiger partial charge in [-0.3, -0.25) is 0 Å². The molecule has 0 aromatic heterocycles. The quantitative estimate of drug-likeness (QED) is 0.743. The summed E-state index contributed by atoms with van der Waals surface area (Å²) in [5, 5.41) is 0. The van der Waals surface area contributed by atoms with Crippen LogP contribution in [-0.2, 0) is 11.2 Å². The van der Waals surface area contributed by atoms with Crippen LogP contribution in [0.15, 0.2) is 42.5 Å². The molecule has 1 aliphatic heterocycles. The zero-order valence-electron chi connectivity index (χ0n) is 16.6. The molecule has 2 aliphatic rings. The van der Waals surface area contributed by atoms with E-state index in [0.29, 0.717) is 23.3 Å². The average molecular weight is 364 g/mol. The fourth-order valence-electron chi connectivity index (χ4n) is 5.11. The summed E-state index contributed by atoms with van der Waals surface area (Å²) in [5.41, 5.74) is 6.41. The number of ether oxygens (including phenoxy) is 1. The molecule has 1 fully saturated rings. The lowest BCUT2D eigenvalue weighted by Gasteiger charge is -2.37. The summed E-state index contributed by atoms with van der Waals surface area (Å²) in [4.78, 5) is 14.4. The van der Waals surface area contributed by atoms with Gasteiger partial charge in [0.2, 0.25) is 0 Å². The van der Waals surface area contributed by atoms with Gasteiger partial charge in [-0.25, -0.2) is 4.79 Å². The second-order valence-corrected chi connectivity index (χ2v) is 7.86. The average Bonchev–Trinajstić information content (AvgIpc) is 3.05. The summed E-state index contributed by atoms with van der Waals surface area (Å²) in [5.74, 6) is 1.43. The molecule has 0 bridgehead atoms. The molecule has 0 amide bonds. The Hall–Kier alpha value is -2.13. The number of likely N-dealkylation sites (N-methyl/N-ethyl adjacent to an activating group) is 1.